The lowest BCUT2D eigenvalue weighted by molar-refractivity contribution is -0.196. The second kappa shape index (κ2) is 9.49. The Hall–Kier alpha value is -1.96. The molecule has 7 heteroatoms. The van der Waals surface area contributed by atoms with E-state index < -0.39 is 17.5 Å². The monoisotopic (exact) mass is 392 g/mol. The normalized spacial score (nSPS) is 18.3. The molecule has 1 aromatic rings. The number of nitrogens with one attached hydrogen (secondary N) is 1. The number of alkyl carbamates (subject to hydrolysis) is 1. The molecule has 1 heterocycles. The van der Waals surface area contributed by atoms with Gasteiger partial charge in [-0.25, -0.2) is 4.79 Å². The van der Waals surface area contributed by atoms with Gasteiger partial charge in [-0.15, -0.1) is 0 Å². The van der Waals surface area contributed by atoms with Gasteiger partial charge in [-0.3, -0.25) is 15.0 Å². The van der Waals surface area contributed by atoms with Crippen molar-refractivity contribution in [2.75, 3.05) is 19.7 Å². The molecule has 1 aliphatic heterocycles. The van der Waals surface area contributed by atoms with E-state index in [1.807, 2.05) is 35.2 Å². The van der Waals surface area contributed by atoms with Crippen LogP contribution in [-0.2, 0) is 20.9 Å². The van der Waals surface area contributed by atoms with Crippen LogP contribution in [0, 0.1) is 5.92 Å². The lowest BCUT2D eigenvalue weighted by Gasteiger charge is -2.44. The number of rotatable bonds is 7. The van der Waals surface area contributed by atoms with Gasteiger partial charge >= 0.3 is 6.09 Å². The fourth-order valence-corrected chi connectivity index (χ4v) is 3.25. The van der Waals surface area contributed by atoms with E-state index in [9.17, 15) is 14.7 Å². The third-order valence-electron chi connectivity index (χ3n) is 4.76. The highest BCUT2D eigenvalue weighted by Gasteiger charge is 2.46. The van der Waals surface area contributed by atoms with Crippen molar-refractivity contribution in [1.29, 1.82) is 0 Å². The maximum atomic E-state index is 12.8. The molecule has 1 fully saturated rings. The Balaban J connectivity index is 2.25. The minimum Gasteiger partial charge on any atom is -0.444 e. The van der Waals surface area contributed by atoms with E-state index in [1.54, 1.807) is 20.8 Å². The molecule has 0 radical (unpaired) electrons. The molecule has 0 spiro atoms. The van der Waals surface area contributed by atoms with Crippen LogP contribution < -0.4 is 5.32 Å². The molecule has 0 aliphatic carbocycles. The van der Waals surface area contributed by atoms with Gasteiger partial charge in [-0.1, -0.05) is 30.3 Å². The first-order valence-corrected chi connectivity index (χ1v) is 9.72. The molecule has 28 heavy (non-hydrogen) atoms. The van der Waals surface area contributed by atoms with Gasteiger partial charge in [-0.2, -0.15) is 0 Å². The van der Waals surface area contributed by atoms with Crippen molar-refractivity contribution in [3.8, 4) is 0 Å². The molecule has 7 nitrogen and oxygen atoms in total. The van der Waals surface area contributed by atoms with E-state index in [0.717, 1.165) is 18.4 Å². The highest BCUT2D eigenvalue weighted by atomic mass is 16.6. The number of hydrogen-bond acceptors (Lipinski definition) is 6. The largest absolute Gasteiger partial charge is 0.444 e. The summed E-state index contributed by atoms with van der Waals surface area (Å²) in [5, 5.41) is 12.1. The second-order valence-corrected chi connectivity index (χ2v) is 8.21. The highest BCUT2D eigenvalue weighted by Crippen LogP contribution is 2.26. The van der Waals surface area contributed by atoms with Crippen molar-refractivity contribution in [1.82, 2.24) is 10.2 Å². The van der Waals surface area contributed by atoms with Gasteiger partial charge in [0, 0.05) is 26.6 Å². The first kappa shape index (κ1) is 22.3. The molecule has 1 atom stereocenters. The van der Waals surface area contributed by atoms with Crippen LogP contribution in [0.3, 0.4) is 0 Å². The van der Waals surface area contributed by atoms with Crippen LogP contribution in [0.1, 0.15) is 46.1 Å². The minimum absolute atomic E-state index is 0.116. The molecule has 1 amide bonds. The predicted molar refractivity (Wildman–Crippen MR) is 105 cm³/mol. The van der Waals surface area contributed by atoms with Gasteiger partial charge < -0.3 is 14.6 Å². The molecule has 1 unspecified atom stereocenters. The first-order chi connectivity index (χ1) is 13.2. The number of amides is 1. The maximum absolute atomic E-state index is 12.8. The third-order valence-corrected chi connectivity index (χ3v) is 4.76. The van der Waals surface area contributed by atoms with Crippen LogP contribution in [0.2, 0.25) is 0 Å². The molecule has 0 saturated carbocycles. The van der Waals surface area contributed by atoms with Crippen LogP contribution in [0.5, 0.6) is 0 Å². The molecule has 0 bridgehead atoms. The van der Waals surface area contributed by atoms with Crippen LogP contribution >= 0.6 is 0 Å². The molecule has 0 aromatic heterocycles. The van der Waals surface area contributed by atoms with Gasteiger partial charge in [0.05, 0.1) is 6.61 Å². The van der Waals surface area contributed by atoms with E-state index in [2.05, 4.69) is 5.32 Å². The van der Waals surface area contributed by atoms with E-state index in [1.165, 1.54) is 6.92 Å². The number of ketones is 1. The second-order valence-electron chi connectivity index (χ2n) is 8.21. The van der Waals surface area contributed by atoms with Crippen molar-refractivity contribution in [2.45, 2.75) is 58.6 Å². The zero-order chi connectivity index (χ0) is 20.8. The zero-order valence-corrected chi connectivity index (χ0v) is 17.2. The van der Waals surface area contributed by atoms with Crippen molar-refractivity contribution in [3.05, 3.63) is 35.9 Å². The molecule has 2 N–H and O–H groups in total. The number of carbonyl (C=O) groups is 2. The van der Waals surface area contributed by atoms with Crippen molar-refractivity contribution in [2.24, 2.45) is 5.92 Å². The number of nitrogens with zero attached hydrogens (tertiary/aromatic N) is 1. The lowest BCUT2D eigenvalue weighted by atomic mass is 9.96. The topological polar surface area (TPSA) is 88.1 Å². The summed E-state index contributed by atoms with van der Waals surface area (Å²) in [6.07, 6.45) is 0.729. The maximum Gasteiger partial charge on any atom is 0.411 e. The summed E-state index contributed by atoms with van der Waals surface area (Å²) in [5.41, 5.74) is 0.194. The number of carbonyl (C=O) groups excluding carboxylic acids is 2. The summed E-state index contributed by atoms with van der Waals surface area (Å²) in [4.78, 5) is 27.1. The Morgan fingerprint density at radius 3 is 2.29 bits per heavy atom. The molecule has 2 rings (SSSR count). The molecular weight excluding hydrogens is 360 g/mol. The van der Waals surface area contributed by atoms with E-state index in [-0.39, 0.29) is 24.9 Å². The van der Waals surface area contributed by atoms with Crippen molar-refractivity contribution < 1.29 is 24.2 Å². The number of piperidine rings is 1. The van der Waals surface area contributed by atoms with E-state index in [4.69, 9.17) is 9.47 Å². The molecule has 1 aliphatic rings. The van der Waals surface area contributed by atoms with Gasteiger partial charge in [0.2, 0.25) is 0 Å². The summed E-state index contributed by atoms with van der Waals surface area (Å²) in [6.45, 7) is 8.02. The fraction of sp³-hybridized carbons (Fsp3) is 0.619. The summed E-state index contributed by atoms with van der Waals surface area (Å²) in [6, 6.07) is 9.48. The Labute approximate surface area is 167 Å². The zero-order valence-electron chi connectivity index (χ0n) is 17.2. The lowest BCUT2D eigenvalue weighted by Crippen LogP contribution is -2.68. The molecule has 156 valence electrons. The molecule has 1 aromatic carbocycles. The Morgan fingerprint density at radius 2 is 1.79 bits per heavy atom. The summed E-state index contributed by atoms with van der Waals surface area (Å²) >= 11 is 0. The number of likely N-dealkylation sites (tertiary alicyclic amines) is 1. The average molecular weight is 392 g/mol. The van der Waals surface area contributed by atoms with E-state index >= 15 is 0 Å². The number of aliphatic hydroxyl groups is 1. The number of ether oxygens (including phenoxy) is 2. The minimum atomic E-state index is -1.61. The highest BCUT2D eigenvalue weighted by molar-refractivity contribution is 5.88. The summed E-state index contributed by atoms with van der Waals surface area (Å²) < 4.78 is 11.5. The van der Waals surface area contributed by atoms with Gasteiger partial charge in [-0.05, 0) is 45.1 Å². The summed E-state index contributed by atoms with van der Waals surface area (Å²) in [5.74, 6) is -1.74. The Morgan fingerprint density at radius 1 is 1.18 bits per heavy atom. The standard InChI is InChI=1S/C21H32N2O5/c1-16(25)21(22-19(26)28-20(2,3)4,23-12-10-17(14-24)11-13-23)27-15-18-8-6-5-7-9-18/h5-9,17,24H,10-15H2,1-4H3,(H,22,26). The smallest absolute Gasteiger partial charge is 0.411 e. The predicted octanol–water partition coefficient (Wildman–Crippen LogP) is 2.68. The number of aliphatic hydroxyl groups excluding tert-OH is 1. The quantitative estimate of drug-likeness (QED) is 0.694. The SMILES string of the molecule is CC(=O)C(NC(=O)OC(C)(C)C)(OCc1ccccc1)N1CCC(CO)CC1. The molecular formula is C21H32N2O5. The number of benzene rings is 1. The van der Waals surface area contributed by atoms with Crippen LogP contribution in [-0.4, -0.2) is 53.0 Å². The van der Waals surface area contributed by atoms with Crippen LogP contribution in [0.15, 0.2) is 30.3 Å². The van der Waals surface area contributed by atoms with Crippen LogP contribution in [0.4, 0.5) is 4.79 Å². The number of Topliss-reactive ketones (excluding diaryl/α,β-unsaturated/α-hetero) is 1. The fourth-order valence-electron chi connectivity index (χ4n) is 3.25. The Bertz CT molecular complexity index is 651. The summed E-state index contributed by atoms with van der Waals surface area (Å²) in [7, 11) is 0. The first-order valence-electron chi connectivity index (χ1n) is 9.72. The van der Waals surface area contributed by atoms with Crippen molar-refractivity contribution >= 4 is 11.9 Å². The van der Waals surface area contributed by atoms with Crippen molar-refractivity contribution in [3.63, 3.8) is 0 Å². The van der Waals surface area contributed by atoms with Gasteiger partial charge in [0.25, 0.3) is 5.85 Å². The van der Waals surface area contributed by atoms with Gasteiger partial charge in [0.1, 0.15) is 5.60 Å². The van der Waals surface area contributed by atoms with E-state index in [0.29, 0.717) is 13.1 Å². The third kappa shape index (κ3) is 6.02. The number of hydrogen-bond donors (Lipinski definition) is 2. The van der Waals surface area contributed by atoms with Crippen LogP contribution in [0.25, 0.3) is 0 Å². The average Bonchev–Trinajstić information content (AvgIpc) is 2.64. The Kier molecular flexibility index (Phi) is 7.57. The van der Waals surface area contributed by atoms with Gasteiger partial charge in [0.15, 0.2) is 5.78 Å². The molecule has 1 saturated heterocycles.